The third-order valence-electron chi connectivity index (χ3n) is 3.12. The van der Waals surface area contributed by atoms with Gasteiger partial charge in [-0.3, -0.25) is 4.68 Å². The SMILES string of the molecule is CCc1c(C)nn(Cc2nc(N)ccc2Cl)c1C. The summed E-state index contributed by atoms with van der Waals surface area (Å²) in [4.78, 5) is 4.26. The Morgan fingerprint density at radius 3 is 2.67 bits per heavy atom. The van der Waals surface area contributed by atoms with Gasteiger partial charge in [-0.25, -0.2) is 4.98 Å². The summed E-state index contributed by atoms with van der Waals surface area (Å²) >= 11 is 6.12. The van der Waals surface area contributed by atoms with Gasteiger partial charge in [0.15, 0.2) is 0 Å². The lowest BCUT2D eigenvalue weighted by atomic mass is 10.1. The van der Waals surface area contributed by atoms with E-state index >= 15 is 0 Å². The molecule has 2 aromatic rings. The second-order valence-corrected chi connectivity index (χ2v) is 4.73. The van der Waals surface area contributed by atoms with Crippen molar-refractivity contribution in [1.82, 2.24) is 14.8 Å². The molecule has 2 rings (SSSR count). The third kappa shape index (κ3) is 2.34. The minimum atomic E-state index is 0.478. The number of anilines is 1. The van der Waals surface area contributed by atoms with Crippen LogP contribution in [-0.2, 0) is 13.0 Å². The largest absolute Gasteiger partial charge is 0.384 e. The van der Waals surface area contributed by atoms with Gasteiger partial charge >= 0.3 is 0 Å². The number of hydrogen-bond acceptors (Lipinski definition) is 3. The zero-order valence-electron chi connectivity index (χ0n) is 10.9. The highest BCUT2D eigenvalue weighted by molar-refractivity contribution is 6.31. The van der Waals surface area contributed by atoms with E-state index in [1.54, 1.807) is 12.1 Å². The molecular formula is C13H17ClN4. The number of nitrogens with zero attached hydrogens (tertiary/aromatic N) is 3. The fraction of sp³-hybridized carbons (Fsp3) is 0.385. The molecule has 2 aromatic heterocycles. The van der Waals surface area contributed by atoms with Gasteiger partial charge in [-0.05, 0) is 38.0 Å². The standard InChI is InChI=1S/C13H17ClN4/c1-4-10-8(2)17-18(9(10)3)7-12-11(14)5-6-13(15)16-12/h5-6H,4,7H2,1-3H3,(H2,15,16). The molecule has 0 radical (unpaired) electrons. The maximum Gasteiger partial charge on any atom is 0.123 e. The van der Waals surface area contributed by atoms with Gasteiger partial charge < -0.3 is 5.73 Å². The lowest BCUT2D eigenvalue weighted by Crippen LogP contribution is -2.07. The first-order valence-corrected chi connectivity index (χ1v) is 6.34. The number of pyridine rings is 1. The first-order chi connectivity index (χ1) is 8.52. The molecule has 0 fully saturated rings. The Morgan fingerprint density at radius 2 is 2.06 bits per heavy atom. The Kier molecular flexibility index (Phi) is 3.57. The number of nitrogen functional groups attached to an aromatic ring is 1. The fourth-order valence-corrected chi connectivity index (χ4v) is 2.32. The van der Waals surface area contributed by atoms with E-state index in [0.29, 0.717) is 17.4 Å². The van der Waals surface area contributed by atoms with Crippen LogP contribution in [0.15, 0.2) is 12.1 Å². The van der Waals surface area contributed by atoms with Crippen LogP contribution < -0.4 is 5.73 Å². The monoisotopic (exact) mass is 264 g/mol. The zero-order chi connectivity index (χ0) is 13.3. The van der Waals surface area contributed by atoms with E-state index in [9.17, 15) is 0 Å². The predicted molar refractivity (Wildman–Crippen MR) is 73.8 cm³/mol. The quantitative estimate of drug-likeness (QED) is 0.927. The molecule has 0 spiro atoms. The lowest BCUT2D eigenvalue weighted by molar-refractivity contribution is 0.647. The third-order valence-corrected chi connectivity index (χ3v) is 3.47. The summed E-state index contributed by atoms with van der Waals surface area (Å²) in [6, 6.07) is 3.47. The van der Waals surface area contributed by atoms with Crippen molar-refractivity contribution in [3.63, 3.8) is 0 Å². The van der Waals surface area contributed by atoms with Gasteiger partial charge in [-0.1, -0.05) is 18.5 Å². The fourth-order valence-electron chi connectivity index (χ4n) is 2.15. The molecule has 0 saturated carbocycles. The molecule has 4 nitrogen and oxygen atoms in total. The van der Waals surface area contributed by atoms with Crippen molar-refractivity contribution in [3.05, 3.63) is 39.8 Å². The number of nitrogens with two attached hydrogens (primary N) is 1. The van der Waals surface area contributed by atoms with Crippen LogP contribution in [0.25, 0.3) is 0 Å². The van der Waals surface area contributed by atoms with E-state index in [-0.39, 0.29) is 0 Å². The topological polar surface area (TPSA) is 56.7 Å². The molecule has 0 bridgehead atoms. The van der Waals surface area contributed by atoms with Crippen molar-refractivity contribution >= 4 is 17.4 Å². The maximum atomic E-state index is 6.12. The summed E-state index contributed by atoms with van der Waals surface area (Å²) in [6.45, 7) is 6.78. The Labute approximate surface area is 112 Å². The second-order valence-electron chi connectivity index (χ2n) is 4.33. The summed E-state index contributed by atoms with van der Waals surface area (Å²) in [5.41, 5.74) is 9.95. The minimum absolute atomic E-state index is 0.478. The van der Waals surface area contributed by atoms with Crippen molar-refractivity contribution in [2.75, 3.05) is 5.73 Å². The van der Waals surface area contributed by atoms with Gasteiger partial charge in [-0.15, -0.1) is 0 Å². The van der Waals surface area contributed by atoms with Crippen LogP contribution in [0, 0.1) is 13.8 Å². The first-order valence-electron chi connectivity index (χ1n) is 5.96. The van der Waals surface area contributed by atoms with E-state index in [0.717, 1.165) is 23.5 Å². The molecular weight excluding hydrogens is 248 g/mol. The summed E-state index contributed by atoms with van der Waals surface area (Å²) in [5.74, 6) is 0.478. The van der Waals surface area contributed by atoms with Gasteiger partial charge in [-0.2, -0.15) is 5.10 Å². The van der Waals surface area contributed by atoms with Crippen LogP contribution in [0.1, 0.15) is 29.6 Å². The van der Waals surface area contributed by atoms with Crippen LogP contribution in [0.5, 0.6) is 0 Å². The van der Waals surface area contributed by atoms with Crippen LogP contribution in [-0.4, -0.2) is 14.8 Å². The molecule has 0 aliphatic heterocycles. The van der Waals surface area contributed by atoms with Crippen LogP contribution in [0.4, 0.5) is 5.82 Å². The Balaban J connectivity index is 2.37. The van der Waals surface area contributed by atoms with E-state index in [2.05, 4.69) is 23.9 Å². The average Bonchev–Trinajstić information content (AvgIpc) is 2.59. The van der Waals surface area contributed by atoms with E-state index in [1.807, 2.05) is 11.6 Å². The van der Waals surface area contributed by atoms with Gasteiger partial charge in [0.25, 0.3) is 0 Å². The summed E-state index contributed by atoms with van der Waals surface area (Å²) < 4.78 is 1.93. The summed E-state index contributed by atoms with van der Waals surface area (Å²) in [5, 5.41) is 5.14. The van der Waals surface area contributed by atoms with Crippen LogP contribution in [0.2, 0.25) is 5.02 Å². The molecule has 5 heteroatoms. The number of hydrogen-bond donors (Lipinski definition) is 1. The van der Waals surface area contributed by atoms with Gasteiger partial charge in [0.05, 0.1) is 23.0 Å². The zero-order valence-corrected chi connectivity index (χ0v) is 11.6. The first kappa shape index (κ1) is 12.9. The second kappa shape index (κ2) is 4.98. The molecule has 2 N–H and O–H groups in total. The van der Waals surface area contributed by atoms with Crippen molar-refractivity contribution in [2.24, 2.45) is 0 Å². The predicted octanol–water partition coefficient (Wildman–Crippen LogP) is 2.74. The Morgan fingerprint density at radius 1 is 1.33 bits per heavy atom. The van der Waals surface area contributed by atoms with Crippen molar-refractivity contribution in [1.29, 1.82) is 0 Å². The molecule has 0 amide bonds. The van der Waals surface area contributed by atoms with Crippen molar-refractivity contribution in [2.45, 2.75) is 33.7 Å². The summed E-state index contributed by atoms with van der Waals surface area (Å²) in [7, 11) is 0. The highest BCUT2D eigenvalue weighted by Gasteiger charge is 2.12. The maximum absolute atomic E-state index is 6.12. The Bertz CT molecular complexity index is 575. The van der Waals surface area contributed by atoms with Gasteiger partial charge in [0, 0.05) is 5.69 Å². The molecule has 0 aromatic carbocycles. The van der Waals surface area contributed by atoms with Crippen LogP contribution >= 0.6 is 11.6 Å². The normalized spacial score (nSPS) is 10.9. The number of rotatable bonds is 3. The summed E-state index contributed by atoms with van der Waals surface area (Å²) in [6.07, 6.45) is 0.982. The number of aryl methyl sites for hydroxylation is 1. The molecule has 0 unspecified atom stereocenters. The molecule has 96 valence electrons. The highest BCUT2D eigenvalue weighted by atomic mass is 35.5. The molecule has 0 atom stereocenters. The smallest absolute Gasteiger partial charge is 0.123 e. The molecule has 18 heavy (non-hydrogen) atoms. The van der Waals surface area contributed by atoms with Gasteiger partial charge in [0.2, 0.25) is 0 Å². The highest BCUT2D eigenvalue weighted by Crippen LogP contribution is 2.19. The molecule has 0 aliphatic rings. The number of aromatic nitrogens is 3. The van der Waals surface area contributed by atoms with Gasteiger partial charge in [0.1, 0.15) is 5.82 Å². The molecule has 0 aliphatic carbocycles. The Hall–Kier alpha value is -1.55. The molecule has 0 saturated heterocycles. The van der Waals surface area contributed by atoms with E-state index < -0.39 is 0 Å². The van der Waals surface area contributed by atoms with Crippen molar-refractivity contribution in [3.8, 4) is 0 Å². The number of halogens is 1. The van der Waals surface area contributed by atoms with E-state index in [1.165, 1.54) is 5.56 Å². The average molecular weight is 265 g/mol. The lowest BCUT2D eigenvalue weighted by Gasteiger charge is -2.07. The van der Waals surface area contributed by atoms with Crippen molar-refractivity contribution < 1.29 is 0 Å². The van der Waals surface area contributed by atoms with E-state index in [4.69, 9.17) is 17.3 Å². The minimum Gasteiger partial charge on any atom is -0.384 e. The van der Waals surface area contributed by atoms with Crippen LogP contribution in [0.3, 0.4) is 0 Å². The molecule has 2 heterocycles.